The lowest BCUT2D eigenvalue weighted by atomic mass is 9.85. The van der Waals surface area contributed by atoms with Gasteiger partial charge < -0.3 is 54.8 Å². The van der Waals surface area contributed by atoms with Crippen LogP contribution in [-0.2, 0) is 62.2 Å². The summed E-state index contributed by atoms with van der Waals surface area (Å²) in [4.78, 5) is 171. The zero-order valence-corrected chi connectivity index (χ0v) is 61.9. The van der Waals surface area contributed by atoms with E-state index in [1.54, 1.807) is 74.5 Å². The van der Waals surface area contributed by atoms with Crippen LogP contribution in [0.5, 0.6) is 0 Å². The number of morpholine rings is 1. The van der Waals surface area contributed by atoms with Crippen LogP contribution in [0, 0.1) is 59.2 Å². The van der Waals surface area contributed by atoms with Crippen molar-refractivity contribution in [3.05, 3.63) is 12.2 Å². The molecule has 2 aliphatic rings. The van der Waals surface area contributed by atoms with Crippen molar-refractivity contribution in [2.45, 2.75) is 242 Å². The predicted octanol–water partition coefficient (Wildman–Crippen LogP) is 6.17. The molecular formula is C72H126N8O15. The monoisotopic (exact) mass is 1340 g/mol. The number of likely N-dealkylation sites (N-methyl/N-ethyl adjacent to an activating group) is 5. The summed E-state index contributed by atoms with van der Waals surface area (Å²) < 4.78 is 11.9. The molecule has 14 atom stereocenters. The standard InChI is InChI=1S/C72H126N8O15/c1-22-55-58(82)40-50(14)68(89)78(20)63(52(16)95-33-27-25-29-80-30-34-94-35-31-80)61(85)42-54(46(8)9)71(92)76(18)56(37-44(4)5)59(83)39-49(13)66(87)73-51(15)69(90)75(17)57(38-45(6)7)60(84)41-53(36-43(2)3)70(91)77(19)62(47(10)11)72(93)79(21)64(67(88)74-55)65(86)48(12)28-24-23-26-32-81/h23-24,43-57,62-65,81,86H,22,25-42H2,1-21H3,(H,73,87)(H,74,88)/b24-23+/t48-,49-,50+,51-,52-,53-,54+,55+,56+,57+,62+,63+,64+,65-/m1/s1. The molecule has 23 heteroatoms. The van der Waals surface area contributed by atoms with Gasteiger partial charge in [0, 0.05) is 111 Å². The molecule has 0 bridgehead atoms. The van der Waals surface area contributed by atoms with Crippen molar-refractivity contribution in [1.29, 1.82) is 0 Å². The second-order valence-electron chi connectivity index (χ2n) is 29.4. The van der Waals surface area contributed by atoms with Crippen LogP contribution in [0.4, 0.5) is 0 Å². The van der Waals surface area contributed by atoms with E-state index in [0.717, 1.165) is 31.0 Å². The smallest absolute Gasteiger partial charge is 0.246 e. The molecule has 95 heavy (non-hydrogen) atoms. The van der Waals surface area contributed by atoms with Crippen LogP contribution in [0.2, 0.25) is 0 Å². The van der Waals surface area contributed by atoms with E-state index in [9.17, 15) is 48.6 Å². The number of nitrogens with zero attached hydrogens (tertiary/aromatic N) is 6. The third-order valence-corrected chi connectivity index (χ3v) is 19.0. The Morgan fingerprint density at radius 2 is 1.07 bits per heavy atom. The van der Waals surface area contributed by atoms with Gasteiger partial charge in [-0.15, -0.1) is 0 Å². The summed E-state index contributed by atoms with van der Waals surface area (Å²) in [6, 6.07) is -8.57. The molecular weight excluding hydrogens is 1220 g/mol. The van der Waals surface area contributed by atoms with E-state index in [1.807, 2.05) is 41.5 Å². The number of hydrogen-bond donors (Lipinski definition) is 4. The highest BCUT2D eigenvalue weighted by Gasteiger charge is 2.45. The van der Waals surface area contributed by atoms with E-state index in [2.05, 4.69) is 15.5 Å². The first-order valence-electron chi connectivity index (χ1n) is 35.3. The van der Waals surface area contributed by atoms with Crippen LogP contribution < -0.4 is 10.6 Å². The van der Waals surface area contributed by atoms with Crippen LogP contribution in [0.3, 0.4) is 0 Å². The Hall–Kier alpha value is -5.49. The number of unbranched alkanes of at least 4 members (excludes halogenated alkanes) is 1. The van der Waals surface area contributed by atoms with E-state index in [4.69, 9.17) is 9.47 Å². The molecule has 4 N–H and O–H groups in total. The quantitative estimate of drug-likeness (QED) is 0.0696. The van der Waals surface area contributed by atoms with Crippen LogP contribution in [0.25, 0.3) is 0 Å². The van der Waals surface area contributed by atoms with Gasteiger partial charge in [-0.05, 0) is 107 Å². The Bertz CT molecular complexity index is 2530. The van der Waals surface area contributed by atoms with Crippen molar-refractivity contribution in [2.24, 2.45) is 59.2 Å². The number of carbonyl (C=O) groups excluding carboxylic acids is 11. The molecule has 0 unspecified atom stereocenters. The van der Waals surface area contributed by atoms with Crippen molar-refractivity contribution in [3.63, 3.8) is 0 Å². The number of aliphatic hydroxyl groups is 2. The Morgan fingerprint density at radius 1 is 0.547 bits per heavy atom. The summed E-state index contributed by atoms with van der Waals surface area (Å²) in [5, 5.41) is 27.3. The molecule has 0 saturated carbocycles. The number of Topliss-reactive ketones (excluding diaryl/α,β-unsaturated/α-hetero) is 4. The highest BCUT2D eigenvalue weighted by Crippen LogP contribution is 2.30. The summed E-state index contributed by atoms with van der Waals surface area (Å²) in [7, 11) is 7.25. The predicted molar refractivity (Wildman–Crippen MR) is 367 cm³/mol. The molecule has 2 fully saturated rings. The molecule has 0 aliphatic carbocycles. The van der Waals surface area contributed by atoms with Crippen molar-refractivity contribution in [1.82, 2.24) is 40.0 Å². The number of nitrogens with one attached hydrogen (secondary N) is 2. The van der Waals surface area contributed by atoms with Crippen molar-refractivity contribution in [2.75, 3.05) is 81.3 Å². The number of ketones is 4. The van der Waals surface area contributed by atoms with Gasteiger partial charge in [0.25, 0.3) is 0 Å². The summed E-state index contributed by atoms with van der Waals surface area (Å²) >= 11 is 0. The fourth-order valence-electron chi connectivity index (χ4n) is 13.2. The number of aliphatic hydroxyl groups excluding tert-OH is 2. The van der Waals surface area contributed by atoms with Crippen LogP contribution in [0.15, 0.2) is 12.2 Å². The molecule has 23 nitrogen and oxygen atoms in total. The van der Waals surface area contributed by atoms with Crippen LogP contribution in [0.1, 0.15) is 188 Å². The van der Waals surface area contributed by atoms with Crippen molar-refractivity contribution >= 4 is 64.5 Å². The van der Waals surface area contributed by atoms with Gasteiger partial charge in [-0.25, -0.2) is 0 Å². The van der Waals surface area contributed by atoms with Gasteiger partial charge in [0.1, 0.15) is 24.2 Å². The van der Waals surface area contributed by atoms with Crippen molar-refractivity contribution in [3.8, 4) is 0 Å². The zero-order valence-electron chi connectivity index (χ0n) is 61.9. The average molecular weight is 1340 g/mol. The van der Waals surface area contributed by atoms with Gasteiger partial charge in [-0.2, -0.15) is 0 Å². The molecule has 0 radical (unpaired) electrons. The first-order chi connectivity index (χ1) is 44.4. The Labute approximate surface area is 569 Å². The highest BCUT2D eigenvalue weighted by atomic mass is 16.5. The van der Waals surface area contributed by atoms with Crippen LogP contribution >= 0.6 is 0 Å². The summed E-state index contributed by atoms with van der Waals surface area (Å²) in [5.41, 5.74) is 0. The number of rotatable bonds is 22. The number of ether oxygens (including phenoxy) is 2. The highest BCUT2D eigenvalue weighted by molar-refractivity contribution is 6.00. The first kappa shape index (κ1) is 85.6. The van der Waals surface area contributed by atoms with Crippen LogP contribution in [-0.4, -0.2) is 240 Å². The lowest BCUT2D eigenvalue weighted by Crippen LogP contribution is -2.62. The van der Waals surface area contributed by atoms with Gasteiger partial charge in [-0.1, -0.05) is 109 Å². The van der Waals surface area contributed by atoms with Crippen molar-refractivity contribution < 1.29 is 72.4 Å². The van der Waals surface area contributed by atoms with E-state index < -0.39 is 167 Å². The second kappa shape index (κ2) is 41.7. The summed E-state index contributed by atoms with van der Waals surface area (Å²) in [5.74, 6) is -12.3. The molecule has 0 aromatic heterocycles. The van der Waals surface area contributed by atoms with Gasteiger partial charge in [-0.3, -0.25) is 57.6 Å². The molecule has 7 amide bonds. The number of hydrogen-bond acceptors (Lipinski definition) is 16. The number of allylic oxidation sites excluding steroid dienone is 1. The minimum absolute atomic E-state index is 0.0400. The molecule has 544 valence electrons. The minimum atomic E-state index is -1.64. The Balaban J connectivity index is 2.96. The van der Waals surface area contributed by atoms with E-state index >= 15 is 14.4 Å². The molecule has 0 aromatic rings. The third-order valence-electron chi connectivity index (χ3n) is 19.0. The zero-order chi connectivity index (χ0) is 72.5. The maximum Gasteiger partial charge on any atom is 0.246 e. The van der Waals surface area contributed by atoms with Gasteiger partial charge in [0.2, 0.25) is 41.4 Å². The van der Waals surface area contributed by atoms with Gasteiger partial charge >= 0.3 is 0 Å². The van der Waals surface area contributed by atoms with Gasteiger partial charge in [0.05, 0.1) is 43.5 Å². The average Bonchev–Trinajstić information content (AvgIpc) is 0.822. The van der Waals surface area contributed by atoms with E-state index in [-0.39, 0.29) is 82.3 Å². The molecule has 2 aliphatic heterocycles. The first-order valence-corrected chi connectivity index (χ1v) is 35.3. The Kier molecular flexibility index (Phi) is 37.6. The van der Waals surface area contributed by atoms with E-state index in [0.29, 0.717) is 26.1 Å². The Morgan fingerprint density at radius 3 is 1.60 bits per heavy atom. The second-order valence-corrected chi connectivity index (χ2v) is 29.4. The summed E-state index contributed by atoms with van der Waals surface area (Å²) in [6.07, 6.45) is 2.39. The van der Waals surface area contributed by atoms with E-state index in [1.165, 1.54) is 61.8 Å². The minimum Gasteiger partial charge on any atom is -0.396 e. The van der Waals surface area contributed by atoms with Gasteiger partial charge in [0.15, 0.2) is 23.1 Å². The summed E-state index contributed by atoms with van der Waals surface area (Å²) in [6.45, 7) is 32.0. The lowest BCUT2D eigenvalue weighted by molar-refractivity contribution is -0.155. The molecule has 2 rings (SSSR count). The molecule has 2 heterocycles. The maximum absolute atomic E-state index is 15.2. The topological polar surface area (TPSA) is 290 Å². The largest absolute Gasteiger partial charge is 0.396 e. The number of carbonyl (C=O) groups is 11. The fraction of sp³-hybridized carbons (Fsp3) is 0.819. The fourth-order valence-corrected chi connectivity index (χ4v) is 13.2. The molecule has 0 aromatic carbocycles. The molecule has 2 saturated heterocycles. The lowest BCUT2D eigenvalue weighted by Gasteiger charge is -2.40. The SMILES string of the molecule is CC[C@@H]1NC(=O)[C@H]([C@H](O)[C@H](C)C/C=C/CCO)N(C)C(=O)[C@H](C(C)C)N(C)C(=O)[C@H](CC(C)C)CC(=O)[C@H](CC(C)C)N(C)C(=O)[C@@H](C)NC(=O)[C@H](C)CC(=O)[C@H](CC(C)C)N(C)C(=O)[C@H](C(C)C)CC(=O)[C@H]([C@@H](C)OCCCCN2CCOCC2)N(C)C(=O)[C@@H](C)CC1=O. The number of amides is 7. The normalized spacial score (nSPS) is 27.7. The third kappa shape index (κ3) is 26.4. The molecule has 0 spiro atoms. The maximum atomic E-state index is 15.2.